The first-order valence-electron chi connectivity index (χ1n) is 6.89. The molecule has 1 saturated heterocycles. The Morgan fingerprint density at radius 2 is 2.00 bits per heavy atom. The van der Waals surface area contributed by atoms with Crippen molar-refractivity contribution in [3.63, 3.8) is 0 Å². The van der Waals surface area contributed by atoms with E-state index in [4.69, 9.17) is 0 Å². The van der Waals surface area contributed by atoms with Gasteiger partial charge >= 0.3 is 12.0 Å². The Morgan fingerprint density at radius 3 is 2.40 bits per heavy atom. The predicted molar refractivity (Wildman–Crippen MR) is 73.2 cm³/mol. The van der Waals surface area contributed by atoms with Crippen molar-refractivity contribution in [2.75, 3.05) is 20.1 Å². The highest BCUT2D eigenvalue weighted by Gasteiger charge is 2.36. The Kier molecular flexibility index (Phi) is 5.35. The van der Waals surface area contributed by atoms with Crippen LogP contribution in [0.25, 0.3) is 0 Å². The number of carbonyl (C=O) groups is 3. The molecule has 0 bridgehead atoms. The number of carbonyl (C=O) groups excluding carboxylic acids is 2. The lowest BCUT2D eigenvalue weighted by Gasteiger charge is -2.27. The van der Waals surface area contributed by atoms with E-state index in [0.717, 1.165) is 0 Å². The number of carboxylic acids is 1. The van der Waals surface area contributed by atoms with Crippen molar-refractivity contribution in [3.8, 4) is 0 Å². The van der Waals surface area contributed by atoms with Crippen LogP contribution < -0.4 is 10.6 Å². The van der Waals surface area contributed by atoms with Gasteiger partial charge in [0.05, 0.1) is 5.41 Å². The molecule has 1 atom stereocenters. The third-order valence-corrected chi connectivity index (χ3v) is 4.13. The van der Waals surface area contributed by atoms with E-state index in [2.05, 4.69) is 10.6 Å². The second-order valence-electron chi connectivity index (χ2n) is 5.22. The predicted octanol–water partition coefficient (Wildman–Crippen LogP) is 0.407. The molecule has 0 spiro atoms. The number of likely N-dealkylation sites (N-methyl/N-ethyl adjacent to an activating group) is 1. The maximum atomic E-state index is 11.8. The average molecular weight is 285 g/mol. The molecule has 1 aliphatic rings. The average Bonchev–Trinajstić information content (AvgIpc) is 2.72. The summed E-state index contributed by atoms with van der Waals surface area (Å²) >= 11 is 0. The monoisotopic (exact) mass is 285 g/mol. The maximum absolute atomic E-state index is 11.8. The lowest BCUT2D eigenvalue weighted by atomic mass is 9.82. The molecule has 0 radical (unpaired) electrons. The van der Waals surface area contributed by atoms with Crippen LogP contribution in [0.4, 0.5) is 4.79 Å². The fraction of sp³-hybridized carbons (Fsp3) is 0.769. The molecule has 3 amide bonds. The number of likely N-dealkylation sites (tertiary alicyclic amines) is 1. The van der Waals surface area contributed by atoms with Crippen LogP contribution in [0.2, 0.25) is 0 Å². The van der Waals surface area contributed by atoms with Crippen LogP contribution in [0.5, 0.6) is 0 Å². The molecule has 7 nitrogen and oxygen atoms in total. The van der Waals surface area contributed by atoms with Gasteiger partial charge in [0.25, 0.3) is 0 Å². The second kappa shape index (κ2) is 6.58. The minimum atomic E-state index is -0.951. The van der Waals surface area contributed by atoms with Crippen molar-refractivity contribution in [3.05, 3.63) is 0 Å². The van der Waals surface area contributed by atoms with Gasteiger partial charge in [0, 0.05) is 20.1 Å². The number of nitrogens with one attached hydrogen (secondary N) is 2. The Balaban J connectivity index is 2.51. The molecule has 1 aliphatic heterocycles. The van der Waals surface area contributed by atoms with Crippen molar-refractivity contribution in [2.45, 2.75) is 39.2 Å². The SMILES string of the molecule is CCC(CC)(CNC(=O)NC1CCN(C)C1=O)C(=O)O. The van der Waals surface area contributed by atoms with E-state index >= 15 is 0 Å². The number of hydrogen-bond donors (Lipinski definition) is 3. The molecule has 0 aromatic rings. The molecule has 1 unspecified atom stereocenters. The Bertz CT molecular complexity index is 393. The summed E-state index contributed by atoms with van der Waals surface area (Å²) in [5, 5.41) is 14.4. The first-order chi connectivity index (χ1) is 9.36. The van der Waals surface area contributed by atoms with Crippen molar-refractivity contribution >= 4 is 17.9 Å². The topological polar surface area (TPSA) is 98.7 Å². The highest BCUT2D eigenvalue weighted by Crippen LogP contribution is 2.25. The molecular weight excluding hydrogens is 262 g/mol. The zero-order chi connectivity index (χ0) is 15.3. The third-order valence-electron chi connectivity index (χ3n) is 4.13. The van der Waals surface area contributed by atoms with E-state index in [1.807, 2.05) is 0 Å². The Morgan fingerprint density at radius 1 is 1.40 bits per heavy atom. The van der Waals surface area contributed by atoms with Crippen molar-refractivity contribution in [1.82, 2.24) is 15.5 Å². The van der Waals surface area contributed by atoms with Crippen LogP contribution in [-0.4, -0.2) is 54.1 Å². The maximum Gasteiger partial charge on any atom is 0.315 e. The van der Waals surface area contributed by atoms with Crippen LogP contribution in [0.1, 0.15) is 33.1 Å². The minimum Gasteiger partial charge on any atom is -0.481 e. The molecule has 0 aliphatic carbocycles. The van der Waals surface area contributed by atoms with Crippen LogP contribution in [0.15, 0.2) is 0 Å². The molecule has 0 aromatic carbocycles. The summed E-state index contributed by atoms with van der Waals surface area (Å²) in [6.07, 6.45) is 1.45. The molecule has 0 saturated carbocycles. The largest absolute Gasteiger partial charge is 0.481 e. The zero-order valence-electron chi connectivity index (χ0n) is 12.2. The third kappa shape index (κ3) is 3.40. The van der Waals surface area contributed by atoms with Crippen LogP contribution >= 0.6 is 0 Å². The van der Waals surface area contributed by atoms with Gasteiger partial charge in [0.15, 0.2) is 0 Å². The van der Waals surface area contributed by atoms with Crippen molar-refractivity contribution < 1.29 is 19.5 Å². The number of nitrogens with zero attached hydrogens (tertiary/aromatic N) is 1. The number of amides is 3. The lowest BCUT2D eigenvalue weighted by molar-refractivity contribution is -0.149. The van der Waals surface area contributed by atoms with E-state index < -0.39 is 23.5 Å². The van der Waals surface area contributed by atoms with E-state index in [-0.39, 0.29) is 12.5 Å². The second-order valence-corrected chi connectivity index (χ2v) is 5.22. The molecule has 1 rings (SSSR count). The standard InChI is InChI=1S/C13H23N3O4/c1-4-13(5-2,11(18)19)8-14-12(20)15-9-6-7-16(3)10(9)17/h9H,4-8H2,1-3H3,(H,18,19)(H2,14,15,20). The highest BCUT2D eigenvalue weighted by molar-refractivity contribution is 5.88. The fourth-order valence-corrected chi connectivity index (χ4v) is 2.29. The van der Waals surface area contributed by atoms with Crippen LogP contribution in [0.3, 0.4) is 0 Å². The molecule has 7 heteroatoms. The summed E-state index contributed by atoms with van der Waals surface area (Å²) in [6.45, 7) is 4.24. The summed E-state index contributed by atoms with van der Waals surface area (Å²) in [5.74, 6) is -1.03. The molecule has 114 valence electrons. The molecule has 20 heavy (non-hydrogen) atoms. The van der Waals surface area contributed by atoms with Gasteiger partial charge in [0.1, 0.15) is 6.04 Å². The van der Waals surface area contributed by atoms with Gasteiger partial charge in [-0.15, -0.1) is 0 Å². The summed E-state index contributed by atoms with van der Waals surface area (Å²) in [4.78, 5) is 36.3. The number of aliphatic carboxylic acids is 1. The number of carboxylic acid groups (broad SMARTS) is 1. The van der Waals surface area contributed by atoms with E-state index in [1.165, 1.54) is 0 Å². The van der Waals surface area contributed by atoms with Crippen molar-refractivity contribution in [1.29, 1.82) is 0 Å². The first kappa shape index (κ1) is 16.3. The molecule has 3 N–H and O–H groups in total. The van der Waals surface area contributed by atoms with E-state index in [0.29, 0.717) is 25.8 Å². The van der Waals surface area contributed by atoms with Crippen molar-refractivity contribution in [2.24, 2.45) is 5.41 Å². The summed E-state index contributed by atoms with van der Waals surface area (Å²) in [6, 6.07) is -1.01. The minimum absolute atomic E-state index is 0.0535. The van der Waals surface area contributed by atoms with E-state index in [1.54, 1.807) is 25.8 Å². The summed E-state index contributed by atoms with van der Waals surface area (Å²) in [5.41, 5.74) is -0.951. The lowest BCUT2D eigenvalue weighted by Crippen LogP contribution is -2.49. The molecule has 0 aromatic heterocycles. The Labute approximate surface area is 118 Å². The molecular formula is C13H23N3O4. The molecule has 1 fully saturated rings. The van der Waals surface area contributed by atoms with Crippen LogP contribution in [0, 0.1) is 5.41 Å². The smallest absolute Gasteiger partial charge is 0.315 e. The number of urea groups is 1. The van der Waals surface area contributed by atoms with Gasteiger partial charge in [-0.25, -0.2) is 4.79 Å². The van der Waals surface area contributed by atoms with Gasteiger partial charge in [0.2, 0.25) is 5.91 Å². The van der Waals surface area contributed by atoms with Crippen LogP contribution in [-0.2, 0) is 9.59 Å². The van der Waals surface area contributed by atoms with Gasteiger partial charge < -0.3 is 20.6 Å². The summed E-state index contributed by atoms with van der Waals surface area (Å²) < 4.78 is 0. The number of rotatable bonds is 6. The van der Waals surface area contributed by atoms with Gasteiger partial charge in [-0.1, -0.05) is 13.8 Å². The van der Waals surface area contributed by atoms with Gasteiger partial charge in [-0.2, -0.15) is 0 Å². The van der Waals surface area contributed by atoms with Gasteiger partial charge in [-0.05, 0) is 19.3 Å². The van der Waals surface area contributed by atoms with E-state index in [9.17, 15) is 19.5 Å². The summed E-state index contributed by atoms with van der Waals surface area (Å²) in [7, 11) is 1.69. The normalized spacial score (nSPS) is 19.1. The molecule has 1 heterocycles. The first-order valence-corrected chi connectivity index (χ1v) is 6.89. The number of hydrogen-bond acceptors (Lipinski definition) is 3. The van der Waals surface area contributed by atoms with Gasteiger partial charge in [-0.3, -0.25) is 9.59 Å². The highest BCUT2D eigenvalue weighted by atomic mass is 16.4. The quantitative estimate of drug-likeness (QED) is 0.658. The fourth-order valence-electron chi connectivity index (χ4n) is 2.29. The Hall–Kier alpha value is -1.79. The zero-order valence-corrected chi connectivity index (χ0v) is 12.2.